The van der Waals surface area contributed by atoms with Crippen LogP contribution in [0.3, 0.4) is 0 Å². The highest BCUT2D eigenvalue weighted by atomic mass is 32.3. The topological polar surface area (TPSA) is 174 Å². The van der Waals surface area contributed by atoms with Crippen molar-refractivity contribution in [1.82, 2.24) is 26.1 Å². The molecule has 0 aliphatic carbocycles. The number of alkyl halides is 3. The summed E-state index contributed by atoms with van der Waals surface area (Å²) in [4.78, 5) is 47.8. The molecule has 2 rings (SSSR count). The van der Waals surface area contributed by atoms with E-state index >= 15 is 0 Å². The maximum absolute atomic E-state index is 12.2. The lowest BCUT2D eigenvalue weighted by Gasteiger charge is -2.29. The predicted octanol–water partition coefficient (Wildman–Crippen LogP) is -1.80. The SMILES string of the molecule is C[C@@H](NC(=O)C(F)(F)F)C(=O)NNC(=O)[C@@H]1CC[C@@H]2CN1C(=O)N2OS(=O)(=O)O. The van der Waals surface area contributed by atoms with Gasteiger partial charge in [0, 0.05) is 6.54 Å². The molecule has 13 nitrogen and oxygen atoms in total. The maximum atomic E-state index is 12.2. The van der Waals surface area contributed by atoms with Crippen molar-refractivity contribution in [3.63, 3.8) is 0 Å². The number of nitrogens with one attached hydrogen (secondary N) is 3. The van der Waals surface area contributed by atoms with Gasteiger partial charge in [-0.2, -0.15) is 26.7 Å². The first-order valence-electron chi connectivity index (χ1n) is 7.95. The van der Waals surface area contributed by atoms with Crippen molar-refractivity contribution in [2.24, 2.45) is 0 Å². The van der Waals surface area contributed by atoms with E-state index in [9.17, 15) is 40.8 Å². The zero-order valence-corrected chi connectivity index (χ0v) is 15.4. The Balaban J connectivity index is 1.91. The zero-order chi connectivity index (χ0) is 22.1. The van der Waals surface area contributed by atoms with Crippen LogP contribution in [0.4, 0.5) is 18.0 Å². The van der Waals surface area contributed by atoms with Crippen molar-refractivity contribution in [2.75, 3.05) is 6.54 Å². The summed E-state index contributed by atoms with van der Waals surface area (Å²) in [5.41, 5.74) is 3.74. The molecule has 2 fully saturated rings. The number of fused-ring (bicyclic) bond motifs is 2. The van der Waals surface area contributed by atoms with Crippen LogP contribution < -0.4 is 16.2 Å². The lowest BCUT2D eigenvalue weighted by atomic mass is 10.0. The molecule has 29 heavy (non-hydrogen) atoms. The van der Waals surface area contributed by atoms with E-state index in [1.807, 2.05) is 10.9 Å². The monoisotopic (exact) mass is 447 g/mol. The molecule has 0 aromatic rings. The fraction of sp³-hybridized carbons (Fsp3) is 0.667. The largest absolute Gasteiger partial charge is 0.471 e. The van der Waals surface area contributed by atoms with Crippen LogP contribution in [0.1, 0.15) is 19.8 Å². The van der Waals surface area contributed by atoms with Crippen molar-refractivity contribution in [2.45, 2.75) is 44.1 Å². The number of hydrogen-bond donors (Lipinski definition) is 4. The van der Waals surface area contributed by atoms with Crippen LogP contribution in [0.15, 0.2) is 0 Å². The van der Waals surface area contributed by atoms with E-state index in [0.717, 1.165) is 11.8 Å². The number of rotatable bonds is 5. The van der Waals surface area contributed by atoms with Gasteiger partial charge in [0.1, 0.15) is 12.1 Å². The van der Waals surface area contributed by atoms with Gasteiger partial charge in [0.25, 0.3) is 11.8 Å². The number of hydroxylamine groups is 2. The van der Waals surface area contributed by atoms with Gasteiger partial charge in [-0.3, -0.25) is 29.8 Å². The first-order chi connectivity index (χ1) is 13.2. The number of nitrogens with zero attached hydrogens (tertiary/aromatic N) is 2. The number of hydrogen-bond acceptors (Lipinski definition) is 7. The number of halogens is 3. The molecule has 2 saturated heterocycles. The van der Waals surface area contributed by atoms with Gasteiger partial charge in [0.2, 0.25) is 0 Å². The minimum absolute atomic E-state index is 0.0454. The molecule has 2 aliphatic rings. The van der Waals surface area contributed by atoms with Crippen LogP contribution >= 0.6 is 0 Å². The van der Waals surface area contributed by atoms with Crippen LogP contribution in [-0.4, -0.2) is 77.5 Å². The van der Waals surface area contributed by atoms with E-state index in [1.165, 1.54) is 5.32 Å². The molecule has 2 aliphatic heterocycles. The van der Waals surface area contributed by atoms with Crippen LogP contribution in [0, 0.1) is 0 Å². The Bertz CT molecular complexity index is 819. The molecule has 2 bridgehead atoms. The van der Waals surface area contributed by atoms with Gasteiger partial charge in [0.05, 0.1) is 6.04 Å². The first kappa shape index (κ1) is 22.6. The molecule has 2 heterocycles. The molecule has 4 N–H and O–H groups in total. The van der Waals surface area contributed by atoms with Crippen molar-refractivity contribution in [3.8, 4) is 0 Å². The lowest BCUT2D eigenvalue weighted by molar-refractivity contribution is -0.174. The van der Waals surface area contributed by atoms with Gasteiger partial charge in [-0.25, -0.2) is 4.79 Å². The molecule has 0 unspecified atom stereocenters. The summed E-state index contributed by atoms with van der Waals surface area (Å²) in [6.07, 6.45) is -5.02. The molecule has 17 heteroatoms. The number of carbonyl (C=O) groups excluding carboxylic acids is 4. The average molecular weight is 447 g/mol. The molecule has 0 aromatic carbocycles. The van der Waals surface area contributed by atoms with Crippen LogP contribution in [0.5, 0.6) is 0 Å². The second-order valence-electron chi connectivity index (χ2n) is 6.18. The summed E-state index contributed by atoms with van der Waals surface area (Å²) in [5, 5.41) is 1.80. The molecular formula is C12H16F3N5O8S. The highest BCUT2D eigenvalue weighted by Crippen LogP contribution is 2.30. The quantitative estimate of drug-likeness (QED) is 0.282. The van der Waals surface area contributed by atoms with Crippen LogP contribution in [-0.2, 0) is 29.1 Å². The van der Waals surface area contributed by atoms with E-state index in [4.69, 9.17) is 4.55 Å². The van der Waals surface area contributed by atoms with Gasteiger partial charge in [0.15, 0.2) is 0 Å². The Labute approximate surface area is 161 Å². The number of urea groups is 1. The number of hydrazine groups is 1. The average Bonchev–Trinajstić information content (AvgIpc) is 2.82. The van der Waals surface area contributed by atoms with Gasteiger partial charge in [-0.15, -0.1) is 4.28 Å². The van der Waals surface area contributed by atoms with Gasteiger partial charge >= 0.3 is 28.5 Å². The third-order valence-corrected chi connectivity index (χ3v) is 4.46. The van der Waals surface area contributed by atoms with E-state index in [-0.39, 0.29) is 19.4 Å². The Morgan fingerprint density at radius 2 is 1.86 bits per heavy atom. The Kier molecular flexibility index (Phi) is 6.24. The normalized spacial score (nSPS) is 22.9. The zero-order valence-electron chi connectivity index (χ0n) is 14.6. The van der Waals surface area contributed by atoms with Gasteiger partial charge in [-0.1, -0.05) is 0 Å². The van der Waals surface area contributed by atoms with E-state index in [0.29, 0.717) is 5.06 Å². The molecule has 5 amide bonds. The molecule has 164 valence electrons. The van der Waals surface area contributed by atoms with E-state index in [2.05, 4.69) is 4.28 Å². The van der Waals surface area contributed by atoms with E-state index in [1.54, 1.807) is 0 Å². The van der Waals surface area contributed by atoms with Crippen molar-refractivity contribution in [1.29, 1.82) is 0 Å². The van der Waals surface area contributed by atoms with E-state index < -0.39 is 58.5 Å². The third kappa shape index (κ3) is 5.45. The second-order valence-corrected chi connectivity index (χ2v) is 7.19. The minimum atomic E-state index is -5.19. The Morgan fingerprint density at radius 1 is 1.24 bits per heavy atom. The summed E-state index contributed by atoms with van der Waals surface area (Å²) in [5.74, 6) is -4.41. The number of carbonyl (C=O) groups is 4. The van der Waals surface area contributed by atoms with Crippen LogP contribution in [0.2, 0.25) is 0 Å². The smallest absolute Gasteiger partial charge is 0.337 e. The lowest BCUT2D eigenvalue weighted by Crippen LogP contribution is -2.57. The molecule has 0 saturated carbocycles. The summed E-state index contributed by atoms with van der Waals surface area (Å²) in [7, 11) is -4.96. The highest BCUT2D eigenvalue weighted by Gasteiger charge is 2.49. The number of piperidine rings is 1. The highest BCUT2D eigenvalue weighted by molar-refractivity contribution is 7.80. The molecule has 0 aromatic heterocycles. The third-order valence-electron chi connectivity index (χ3n) is 4.11. The molecule has 0 radical (unpaired) electrons. The second kappa shape index (κ2) is 7.99. The van der Waals surface area contributed by atoms with Crippen molar-refractivity contribution in [3.05, 3.63) is 0 Å². The summed E-state index contributed by atoms with van der Waals surface area (Å²) in [6.45, 7) is 0.851. The van der Waals surface area contributed by atoms with Crippen molar-refractivity contribution >= 4 is 34.2 Å². The Hall–Kier alpha value is -2.66. The Morgan fingerprint density at radius 3 is 2.41 bits per heavy atom. The van der Waals surface area contributed by atoms with Crippen molar-refractivity contribution < 1.29 is 49.6 Å². The minimum Gasteiger partial charge on any atom is -0.337 e. The van der Waals surface area contributed by atoms with Crippen LogP contribution in [0.25, 0.3) is 0 Å². The standard InChI is InChI=1S/C12H16F3N5O8S/c1-5(16-10(23)12(13,14)15)8(21)17-18-9(22)7-3-2-6-4-19(7)11(24)20(6)28-29(25,26)27/h5-7H,2-4H2,1H3,(H,16,23)(H,17,21)(H,18,22)(H,25,26,27)/t5-,6-,7+/m1/s1. The maximum Gasteiger partial charge on any atom is 0.471 e. The fourth-order valence-corrected chi connectivity index (χ4v) is 3.15. The molecule has 0 spiro atoms. The fourth-order valence-electron chi connectivity index (χ4n) is 2.76. The summed E-state index contributed by atoms with van der Waals surface area (Å²) >= 11 is 0. The predicted molar refractivity (Wildman–Crippen MR) is 83.3 cm³/mol. The summed E-state index contributed by atoms with van der Waals surface area (Å²) < 4.78 is 71.0. The molecular weight excluding hydrogens is 431 g/mol. The van der Waals surface area contributed by atoms with Gasteiger partial charge < -0.3 is 10.2 Å². The number of amides is 5. The summed E-state index contributed by atoms with van der Waals surface area (Å²) in [6, 6.07) is -4.52. The first-order valence-corrected chi connectivity index (χ1v) is 9.31. The molecule has 3 atom stereocenters. The van der Waals surface area contributed by atoms with Gasteiger partial charge in [-0.05, 0) is 19.8 Å².